The summed E-state index contributed by atoms with van der Waals surface area (Å²) in [5.74, 6) is 0.897. The molecule has 0 fully saturated rings. The molecule has 0 spiro atoms. The predicted molar refractivity (Wildman–Crippen MR) is 67.1 cm³/mol. The summed E-state index contributed by atoms with van der Waals surface area (Å²) in [6.45, 7) is 4.28. The minimum Gasteiger partial charge on any atom is -0.497 e. The van der Waals surface area contributed by atoms with Gasteiger partial charge in [0.15, 0.2) is 0 Å². The number of hydrogen-bond donors (Lipinski definition) is 0. The van der Waals surface area contributed by atoms with Crippen LogP contribution in [0.15, 0.2) is 24.3 Å². The molecular formula is C14H17NO. The summed E-state index contributed by atoms with van der Waals surface area (Å²) in [5.41, 5.74) is 2.32. The molecule has 0 bridgehead atoms. The smallest absolute Gasteiger partial charge is 0.119 e. The molecule has 0 saturated heterocycles. The lowest BCUT2D eigenvalue weighted by Gasteiger charge is -2.08. The molecule has 1 heterocycles. The Balaban J connectivity index is 2.69. The molecule has 0 radical (unpaired) electrons. The Morgan fingerprint density at radius 2 is 1.94 bits per heavy atom. The molecular weight excluding hydrogens is 198 g/mol. The standard InChI is InChI=1S/C14H17NO/c1-4-11-8-10-6-7-12(16-3)9-13(10)14(5-2)15-11/h6-9H,4-5H2,1-3H3. The topological polar surface area (TPSA) is 22.1 Å². The third-order valence-electron chi connectivity index (χ3n) is 2.87. The Kier molecular flexibility index (Phi) is 3.09. The number of methoxy groups -OCH3 is 1. The zero-order valence-electron chi connectivity index (χ0n) is 10.1. The summed E-state index contributed by atoms with van der Waals surface area (Å²) >= 11 is 0. The van der Waals surface area contributed by atoms with Crippen molar-refractivity contribution in [3.8, 4) is 5.75 Å². The van der Waals surface area contributed by atoms with E-state index in [2.05, 4.69) is 37.0 Å². The summed E-state index contributed by atoms with van der Waals surface area (Å²) in [6.07, 6.45) is 1.94. The Morgan fingerprint density at radius 3 is 2.56 bits per heavy atom. The van der Waals surface area contributed by atoms with Crippen LogP contribution in [0, 0.1) is 0 Å². The Bertz CT molecular complexity index is 505. The highest BCUT2D eigenvalue weighted by molar-refractivity contribution is 5.86. The highest BCUT2D eigenvalue weighted by atomic mass is 16.5. The molecule has 0 aliphatic rings. The second-order valence-corrected chi connectivity index (χ2v) is 3.85. The van der Waals surface area contributed by atoms with E-state index in [4.69, 9.17) is 4.74 Å². The van der Waals surface area contributed by atoms with Crippen molar-refractivity contribution >= 4 is 10.8 Å². The van der Waals surface area contributed by atoms with Crippen LogP contribution in [0.2, 0.25) is 0 Å². The fourth-order valence-corrected chi connectivity index (χ4v) is 1.93. The molecule has 0 unspecified atom stereocenters. The molecule has 0 amide bonds. The first-order valence-electron chi connectivity index (χ1n) is 5.75. The second kappa shape index (κ2) is 4.52. The van der Waals surface area contributed by atoms with Crippen LogP contribution in [-0.4, -0.2) is 12.1 Å². The lowest BCUT2D eigenvalue weighted by Crippen LogP contribution is -1.95. The maximum Gasteiger partial charge on any atom is 0.119 e. The summed E-state index contributed by atoms with van der Waals surface area (Å²) < 4.78 is 5.25. The normalized spacial score (nSPS) is 10.7. The number of benzene rings is 1. The first-order chi connectivity index (χ1) is 7.78. The van der Waals surface area contributed by atoms with E-state index in [9.17, 15) is 0 Å². The third-order valence-corrected chi connectivity index (χ3v) is 2.87. The van der Waals surface area contributed by atoms with Gasteiger partial charge in [0, 0.05) is 16.8 Å². The molecule has 0 aliphatic carbocycles. The number of aryl methyl sites for hydroxylation is 2. The van der Waals surface area contributed by atoms with E-state index in [1.807, 2.05) is 6.07 Å². The summed E-state index contributed by atoms with van der Waals surface area (Å²) in [7, 11) is 1.70. The summed E-state index contributed by atoms with van der Waals surface area (Å²) in [6, 6.07) is 8.34. The minimum atomic E-state index is 0.897. The van der Waals surface area contributed by atoms with Crippen molar-refractivity contribution in [2.45, 2.75) is 26.7 Å². The molecule has 1 aromatic carbocycles. The van der Waals surface area contributed by atoms with Crippen molar-refractivity contribution in [2.24, 2.45) is 0 Å². The first-order valence-corrected chi connectivity index (χ1v) is 5.75. The molecule has 0 aliphatic heterocycles. The van der Waals surface area contributed by atoms with Crippen molar-refractivity contribution in [3.05, 3.63) is 35.7 Å². The molecule has 0 atom stereocenters. The zero-order chi connectivity index (χ0) is 11.5. The van der Waals surface area contributed by atoms with Crippen LogP contribution >= 0.6 is 0 Å². The number of rotatable bonds is 3. The van der Waals surface area contributed by atoms with E-state index in [0.717, 1.165) is 30.0 Å². The van der Waals surface area contributed by atoms with Crippen LogP contribution in [-0.2, 0) is 12.8 Å². The van der Waals surface area contributed by atoms with E-state index in [0.29, 0.717) is 0 Å². The lowest BCUT2D eigenvalue weighted by atomic mass is 10.1. The van der Waals surface area contributed by atoms with Gasteiger partial charge in [-0.25, -0.2) is 0 Å². The molecule has 2 nitrogen and oxygen atoms in total. The van der Waals surface area contributed by atoms with E-state index < -0.39 is 0 Å². The average molecular weight is 215 g/mol. The van der Waals surface area contributed by atoms with Crippen molar-refractivity contribution in [2.75, 3.05) is 7.11 Å². The van der Waals surface area contributed by atoms with Gasteiger partial charge in [0.25, 0.3) is 0 Å². The fourth-order valence-electron chi connectivity index (χ4n) is 1.93. The number of nitrogens with zero attached hydrogens (tertiary/aromatic N) is 1. The lowest BCUT2D eigenvalue weighted by molar-refractivity contribution is 0.415. The van der Waals surface area contributed by atoms with Crippen molar-refractivity contribution in [3.63, 3.8) is 0 Å². The van der Waals surface area contributed by atoms with Gasteiger partial charge in [-0.2, -0.15) is 0 Å². The predicted octanol–water partition coefficient (Wildman–Crippen LogP) is 3.37. The first kappa shape index (κ1) is 10.9. The maximum absolute atomic E-state index is 5.25. The molecule has 84 valence electrons. The molecule has 1 aromatic heterocycles. The second-order valence-electron chi connectivity index (χ2n) is 3.85. The van der Waals surface area contributed by atoms with Gasteiger partial charge in [-0.1, -0.05) is 19.9 Å². The molecule has 2 aromatic rings. The van der Waals surface area contributed by atoms with Crippen LogP contribution in [0.25, 0.3) is 10.8 Å². The highest BCUT2D eigenvalue weighted by Gasteiger charge is 2.05. The molecule has 0 N–H and O–H groups in total. The van der Waals surface area contributed by atoms with Crippen LogP contribution < -0.4 is 4.74 Å². The van der Waals surface area contributed by atoms with Crippen LogP contribution in [0.4, 0.5) is 0 Å². The van der Waals surface area contributed by atoms with Crippen LogP contribution in [0.5, 0.6) is 5.75 Å². The van der Waals surface area contributed by atoms with Gasteiger partial charge in [0.1, 0.15) is 5.75 Å². The number of hydrogen-bond acceptors (Lipinski definition) is 2. The zero-order valence-corrected chi connectivity index (χ0v) is 10.1. The quantitative estimate of drug-likeness (QED) is 0.783. The largest absolute Gasteiger partial charge is 0.497 e. The minimum absolute atomic E-state index is 0.897. The van der Waals surface area contributed by atoms with E-state index >= 15 is 0 Å². The Labute approximate surface area is 96.3 Å². The van der Waals surface area contributed by atoms with E-state index in [1.165, 1.54) is 10.8 Å². The number of fused-ring (bicyclic) bond motifs is 1. The third kappa shape index (κ3) is 1.87. The van der Waals surface area contributed by atoms with Gasteiger partial charge in [-0.15, -0.1) is 0 Å². The fraction of sp³-hybridized carbons (Fsp3) is 0.357. The van der Waals surface area contributed by atoms with Gasteiger partial charge in [0.2, 0.25) is 0 Å². The Morgan fingerprint density at radius 1 is 1.12 bits per heavy atom. The molecule has 2 rings (SSSR count). The van der Waals surface area contributed by atoms with Gasteiger partial charge in [0.05, 0.1) is 7.11 Å². The van der Waals surface area contributed by atoms with Gasteiger partial charge in [-0.3, -0.25) is 4.98 Å². The number of aromatic nitrogens is 1. The summed E-state index contributed by atoms with van der Waals surface area (Å²) in [5, 5.41) is 2.46. The van der Waals surface area contributed by atoms with Gasteiger partial charge in [-0.05, 0) is 36.4 Å². The Hall–Kier alpha value is -1.57. The van der Waals surface area contributed by atoms with Gasteiger partial charge >= 0.3 is 0 Å². The van der Waals surface area contributed by atoms with Gasteiger partial charge < -0.3 is 4.74 Å². The number of pyridine rings is 1. The summed E-state index contributed by atoms with van der Waals surface area (Å²) in [4.78, 5) is 4.66. The van der Waals surface area contributed by atoms with Crippen molar-refractivity contribution in [1.29, 1.82) is 0 Å². The molecule has 16 heavy (non-hydrogen) atoms. The highest BCUT2D eigenvalue weighted by Crippen LogP contribution is 2.24. The van der Waals surface area contributed by atoms with Crippen LogP contribution in [0.1, 0.15) is 25.2 Å². The molecule has 0 saturated carbocycles. The SMILES string of the molecule is CCc1cc2ccc(OC)cc2c(CC)n1. The van der Waals surface area contributed by atoms with E-state index in [1.54, 1.807) is 7.11 Å². The maximum atomic E-state index is 5.25. The molecule has 2 heteroatoms. The van der Waals surface area contributed by atoms with Crippen LogP contribution in [0.3, 0.4) is 0 Å². The number of ether oxygens (including phenoxy) is 1. The van der Waals surface area contributed by atoms with Crippen molar-refractivity contribution < 1.29 is 4.74 Å². The monoisotopic (exact) mass is 215 g/mol. The van der Waals surface area contributed by atoms with Crippen molar-refractivity contribution in [1.82, 2.24) is 4.98 Å². The average Bonchev–Trinajstić information content (AvgIpc) is 2.36. The van der Waals surface area contributed by atoms with E-state index in [-0.39, 0.29) is 0 Å².